The number of hydrogen-bond acceptors (Lipinski definition) is 5. The standard InChI is InChI=1S/C19H17F6N5O/c20-18(21,22)14-7-12(8-15(9-14)19(23,24)25)11-31-16-4-2-1-3-13(16)5-6-26-10-17-27-29-30-28-17/h1-4,7-9,26H,5-6,10-11H2,(H,27,28,29,30). The van der Waals surface area contributed by atoms with E-state index in [1.165, 1.54) is 0 Å². The molecule has 0 radical (unpaired) electrons. The number of hydrogen-bond donors (Lipinski definition) is 2. The minimum absolute atomic E-state index is 0.0905. The van der Waals surface area contributed by atoms with Crippen molar-refractivity contribution in [1.29, 1.82) is 0 Å². The molecule has 166 valence electrons. The van der Waals surface area contributed by atoms with Crippen molar-refractivity contribution in [3.63, 3.8) is 0 Å². The van der Waals surface area contributed by atoms with Gasteiger partial charge in [-0.1, -0.05) is 18.2 Å². The van der Waals surface area contributed by atoms with Crippen LogP contribution in [0.15, 0.2) is 42.5 Å². The largest absolute Gasteiger partial charge is 0.489 e. The number of aromatic amines is 1. The number of rotatable bonds is 8. The lowest BCUT2D eigenvalue weighted by atomic mass is 10.1. The number of nitrogens with one attached hydrogen (secondary N) is 2. The van der Waals surface area contributed by atoms with Crippen LogP contribution in [0.2, 0.25) is 0 Å². The van der Waals surface area contributed by atoms with E-state index in [9.17, 15) is 26.3 Å². The second-order valence-electron chi connectivity index (χ2n) is 6.59. The average molecular weight is 445 g/mol. The number of H-pyrrole nitrogens is 1. The van der Waals surface area contributed by atoms with Crippen LogP contribution >= 0.6 is 0 Å². The van der Waals surface area contributed by atoms with Crippen molar-refractivity contribution in [3.8, 4) is 5.75 Å². The Morgan fingerprint density at radius 1 is 0.935 bits per heavy atom. The van der Waals surface area contributed by atoms with Gasteiger partial charge >= 0.3 is 12.4 Å². The minimum atomic E-state index is -4.90. The highest BCUT2D eigenvalue weighted by Crippen LogP contribution is 2.36. The summed E-state index contributed by atoms with van der Waals surface area (Å²) in [7, 11) is 0. The SMILES string of the molecule is FC(F)(F)c1cc(COc2ccccc2CCNCc2nnn[nH]2)cc(C(F)(F)F)c1. The van der Waals surface area contributed by atoms with Crippen LogP contribution in [0, 0.1) is 0 Å². The second kappa shape index (κ2) is 9.33. The van der Waals surface area contributed by atoms with Gasteiger partial charge in [-0.3, -0.25) is 0 Å². The maximum Gasteiger partial charge on any atom is 0.416 e. The van der Waals surface area contributed by atoms with Crippen LogP contribution in [0.4, 0.5) is 26.3 Å². The summed E-state index contributed by atoms with van der Waals surface area (Å²) in [6.07, 6.45) is -9.30. The molecule has 31 heavy (non-hydrogen) atoms. The third-order valence-electron chi connectivity index (χ3n) is 4.27. The Kier molecular flexibility index (Phi) is 6.78. The first-order valence-corrected chi connectivity index (χ1v) is 9.05. The number of aromatic nitrogens is 4. The summed E-state index contributed by atoms with van der Waals surface area (Å²) in [5.74, 6) is 0.922. The van der Waals surface area contributed by atoms with Crippen LogP contribution in [0.1, 0.15) is 28.1 Å². The Bertz CT molecular complexity index is 956. The Balaban J connectivity index is 1.68. The van der Waals surface area contributed by atoms with E-state index < -0.39 is 30.1 Å². The van der Waals surface area contributed by atoms with Crippen LogP contribution in [0.3, 0.4) is 0 Å². The van der Waals surface area contributed by atoms with Crippen LogP contribution < -0.4 is 10.1 Å². The first kappa shape index (κ1) is 22.5. The van der Waals surface area contributed by atoms with E-state index in [2.05, 4.69) is 25.9 Å². The number of ether oxygens (including phenoxy) is 1. The van der Waals surface area contributed by atoms with Crippen LogP contribution in [0.5, 0.6) is 5.75 Å². The number of alkyl halides is 6. The molecule has 2 N–H and O–H groups in total. The Morgan fingerprint density at radius 3 is 2.23 bits per heavy atom. The van der Waals surface area contributed by atoms with Crippen molar-refractivity contribution in [2.24, 2.45) is 0 Å². The minimum Gasteiger partial charge on any atom is -0.489 e. The molecule has 6 nitrogen and oxygen atoms in total. The predicted molar refractivity (Wildman–Crippen MR) is 96.8 cm³/mol. The maximum atomic E-state index is 13.0. The van der Waals surface area contributed by atoms with E-state index in [1.807, 2.05) is 0 Å². The summed E-state index contributed by atoms with van der Waals surface area (Å²) < 4.78 is 83.6. The lowest BCUT2D eigenvalue weighted by molar-refractivity contribution is -0.143. The number of benzene rings is 2. The van der Waals surface area contributed by atoms with Gasteiger partial charge in [0.2, 0.25) is 0 Å². The summed E-state index contributed by atoms with van der Waals surface area (Å²) in [4.78, 5) is 0. The van der Waals surface area contributed by atoms with E-state index >= 15 is 0 Å². The average Bonchev–Trinajstić information content (AvgIpc) is 3.22. The fraction of sp³-hybridized carbons (Fsp3) is 0.316. The third kappa shape index (κ3) is 6.41. The zero-order chi connectivity index (χ0) is 22.5. The Labute approximate surface area is 172 Å². The molecule has 0 unspecified atom stereocenters. The summed E-state index contributed by atoms with van der Waals surface area (Å²) in [6.45, 7) is 0.477. The number of tetrazole rings is 1. The molecule has 0 saturated carbocycles. The predicted octanol–water partition coefficient (Wildman–Crippen LogP) is 4.15. The normalized spacial score (nSPS) is 12.2. The monoisotopic (exact) mass is 445 g/mol. The summed E-state index contributed by atoms with van der Waals surface area (Å²) in [6, 6.07) is 8.20. The second-order valence-corrected chi connectivity index (χ2v) is 6.59. The van der Waals surface area contributed by atoms with E-state index in [4.69, 9.17) is 4.74 Å². The highest BCUT2D eigenvalue weighted by molar-refractivity contribution is 5.36. The van der Waals surface area contributed by atoms with Gasteiger partial charge < -0.3 is 10.1 Å². The molecule has 1 aromatic heterocycles. The zero-order valence-corrected chi connectivity index (χ0v) is 15.9. The smallest absolute Gasteiger partial charge is 0.416 e. The van der Waals surface area contributed by atoms with Gasteiger partial charge in [0, 0.05) is 0 Å². The van der Waals surface area contributed by atoms with Gasteiger partial charge in [0.1, 0.15) is 12.4 Å². The van der Waals surface area contributed by atoms with Crippen molar-refractivity contribution < 1.29 is 31.1 Å². The van der Waals surface area contributed by atoms with E-state index in [0.717, 1.165) is 5.56 Å². The number of para-hydroxylation sites is 1. The first-order valence-electron chi connectivity index (χ1n) is 9.05. The van der Waals surface area contributed by atoms with Gasteiger partial charge in [-0.15, -0.1) is 5.10 Å². The van der Waals surface area contributed by atoms with E-state index in [1.54, 1.807) is 24.3 Å². The summed E-state index contributed by atoms with van der Waals surface area (Å²) in [5, 5.41) is 16.3. The third-order valence-corrected chi connectivity index (χ3v) is 4.27. The van der Waals surface area contributed by atoms with Crippen molar-refractivity contribution in [1.82, 2.24) is 25.9 Å². The molecule has 3 rings (SSSR count). The number of nitrogens with zero attached hydrogens (tertiary/aromatic N) is 3. The van der Waals surface area contributed by atoms with Gasteiger partial charge in [-0.2, -0.15) is 26.3 Å². The van der Waals surface area contributed by atoms with Gasteiger partial charge in [0.05, 0.1) is 17.7 Å². The van der Waals surface area contributed by atoms with Crippen LogP contribution in [-0.4, -0.2) is 27.2 Å². The molecule has 0 aliphatic rings. The quantitative estimate of drug-likeness (QED) is 0.403. The van der Waals surface area contributed by atoms with E-state index in [-0.39, 0.29) is 11.6 Å². The fourth-order valence-corrected chi connectivity index (χ4v) is 2.80. The molecule has 0 spiro atoms. The van der Waals surface area contributed by atoms with Crippen LogP contribution in [-0.2, 0) is 31.9 Å². The molecular formula is C19H17F6N5O. The summed E-state index contributed by atoms with van der Waals surface area (Å²) in [5.41, 5.74) is -2.23. The van der Waals surface area contributed by atoms with Crippen molar-refractivity contribution in [3.05, 3.63) is 70.5 Å². The summed E-state index contributed by atoms with van der Waals surface area (Å²) >= 11 is 0. The van der Waals surface area contributed by atoms with Crippen molar-refractivity contribution in [2.75, 3.05) is 6.54 Å². The van der Waals surface area contributed by atoms with Crippen molar-refractivity contribution in [2.45, 2.75) is 31.9 Å². The molecule has 0 aliphatic heterocycles. The Morgan fingerprint density at radius 2 is 1.61 bits per heavy atom. The molecule has 0 saturated heterocycles. The highest BCUT2D eigenvalue weighted by Gasteiger charge is 2.36. The first-order chi connectivity index (χ1) is 14.6. The van der Waals surface area contributed by atoms with E-state index in [0.29, 0.717) is 43.2 Å². The Hall–Kier alpha value is -3.15. The number of halogens is 6. The van der Waals surface area contributed by atoms with Crippen molar-refractivity contribution >= 4 is 0 Å². The molecule has 1 heterocycles. The maximum absolute atomic E-state index is 13.0. The molecule has 12 heteroatoms. The molecule has 0 fully saturated rings. The van der Waals surface area contributed by atoms with Gasteiger partial charge in [0.15, 0.2) is 5.82 Å². The molecule has 0 atom stereocenters. The molecule has 0 amide bonds. The lowest BCUT2D eigenvalue weighted by Gasteiger charge is -2.16. The lowest BCUT2D eigenvalue weighted by Crippen LogP contribution is -2.18. The highest BCUT2D eigenvalue weighted by atomic mass is 19.4. The fourth-order valence-electron chi connectivity index (χ4n) is 2.80. The van der Waals surface area contributed by atoms with Crippen LogP contribution in [0.25, 0.3) is 0 Å². The molecular weight excluding hydrogens is 428 g/mol. The topological polar surface area (TPSA) is 75.7 Å². The van der Waals surface area contributed by atoms with Gasteiger partial charge in [-0.05, 0) is 58.8 Å². The molecule has 3 aromatic rings. The van der Waals surface area contributed by atoms with Gasteiger partial charge in [-0.25, -0.2) is 5.10 Å². The molecule has 2 aromatic carbocycles. The van der Waals surface area contributed by atoms with Gasteiger partial charge in [0.25, 0.3) is 0 Å². The molecule has 0 bridgehead atoms. The molecule has 0 aliphatic carbocycles. The zero-order valence-electron chi connectivity index (χ0n) is 15.9.